The third kappa shape index (κ3) is 0.970. The van der Waals surface area contributed by atoms with E-state index >= 15 is 0 Å². The molecule has 2 N–H and O–H groups in total. The van der Waals surface area contributed by atoms with Crippen LogP contribution in [0.5, 0.6) is 0 Å². The van der Waals surface area contributed by atoms with Gasteiger partial charge in [-0.2, -0.15) is 0 Å². The smallest absolute Gasteiger partial charge is 0.0590 e. The number of aliphatic hydroxyl groups is 2. The predicted octanol–water partition coefficient (Wildman–Crippen LogP) is 0.530. The van der Waals surface area contributed by atoms with Crippen molar-refractivity contribution in [2.45, 2.75) is 32.3 Å². The third-order valence-corrected chi connectivity index (χ3v) is 2.55. The first kappa shape index (κ1) is 7.03. The van der Waals surface area contributed by atoms with E-state index in [-0.39, 0.29) is 18.1 Å². The Morgan fingerprint density at radius 2 is 2.11 bits per heavy atom. The maximum Gasteiger partial charge on any atom is 0.0590 e. The maximum atomic E-state index is 9.16. The van der Waals surface area contributed by atoms with E-state index in [4.69, 9.17) is 10.2 Å². The van der Waals surface area contributed by atoms with E-state index in [1.165, 1.54) is 0 Å². The summed E-state index contributed by atoms with van der Waals surface area (Å²) in [6, 6.07) is 0. The van der Waals surface area contributed by atoms with Crippen molar-refractivity contribution in [3.8, 4) is 0 Å². The van der Waals surface area contributed by atoms with Crippen molar-refractivity contribution in [1.29, 1.82) is 0 Å². The molecule has 0 aromatic heterocycles. The van der Waals surface area contributed by atoms with Gasteiger partial charge in [0.1, 0.15) is 0 Å². The first-order valence-electron chi connectivity index (χ1n) is 3.50. The van der Waals surface area contributed by atoms with Gasteiger partial charge in [-0.1, -0.05) is 6.42 Å². The van der Waals surface area contributed by atoms with E-state index in [9.17, 15) is 0 Å². The molecule has 0 amide bonds. The lowest BCUT2D eigenvalue weighted by Crippen LogP contribution is -2.42. The Hall–Kier alpha value is -0.0800. The Morgan fingerprint density at radius 3 is 2.11 bits per heavy atom. The van der Waals surface area contributed by atoms with E-state index in [0.29, 0.717) is 0 Å². The Bertz CT molecular complexity index is 89.6. The van der Waals surface area contributed by atoms with Crippen molar-refractivity contribution >= 4 is 0 Å². The Kier molecular flexibility index (Phi) is 1.78. The van der Waals surface area contributed by atoms with Crippen LogP contribution in [-0.4, -0.2) is 22.9 Å². The standard InChI is InChI=1S/C7H14O2/c1-6(9)7(5-8)3-2-4-7/h6,8-9H,2-5H2,1H3/t6-/m1/s1. The zero-order valence-electron chi connectivity index (χ0n) is 5.80. The molecule has 0 radical (unpaired) electrons. The predicted molar refractivity (Wildman–Crippen MR) is 35.1 cm³/mol. The molecule has 0 aromatic carbocycles. The van der Waals surface area contributed by atoms with Crippen LogP contribution in [0.3, 0.4) is 0 Å². The minimum absolute atomic E-state index is 0.125. The molecular formula is C7H14O2. The molecule has 1 atom stereocenters. The Labute approximate surface area is 55.5 Å². The molecule has 1 saturated carbocycles. The second-order valence-corrected chi connectivity index (χ2v) is 3.05. The lowest BCUT2D eigenvalue weighted by Gasteiger charge is -2.42. The fraction of sp³-hybridized carbons (Fsp3) is 1.00. The molecule has 0 spiro atoms. The SMILES string of the molecule is C[C@@H](O)C1(CO)CCC1. The average Bonchev–Trinajstić information content (AvgIpc) is 1.62. The van der Waals surface area contributed by atoms with Crippen molar-refractivity contribution in [3.05, 3.63) is 0 Å². The summed E-state index contributed by atoms with van der Waals surface area (Å²) >= 11 is 0. The van der Waals surface area contributed by atoms with Crippen LogP contribution in [0, 0.1) is 5.41 Å². The normalized spacial score (nSPS) is 27.0. The highest BCUT2D eigenvalue weighted by atomic mass is 16.3. The first-order valence-corrected chi connectivity index (χ1v) is 3.50. The summed E-state index contributed by atoms with van der Waals surface area (Å²) in [5, 5.41) is 18.0. The van der Waals surface area contributed by atoms with E-state index in [1.54, 1.807) is 6.92 Å². The monoisotopic (exact) mass is 130 g/mol. The van der Waals surface area contributed by atoms with Crippen molar-refractivity contribution < 1.29 is 10.2 Å². The largest absolute Gasteiger partial charge is 0.396 e. The first-order chi connectivity index (χ1) is 4.21. The van der Waals surface area contributed by atoms with Crippen molar-refractivity contribution in [2.75, 3.05) is 6.61 Å². The van der Waals surface area contributed by atoms with Crippen LogP contribution in [0.25, 0.3) is 0 Å². The lowest BCUT2D eigenvalue weighted by atomic mass is 9.66. The second kappa shape index (κ2) is 2.27. The highest BCUT2D eigenvalue weighted by Gasteiger charge is 2.40. The van der Waals surface area contributed by atoms with Gasteiger partial charge < -0.3 is 10.2 Å². The van der Waals surface area contributed by atoms with Crippen molar-refractivity contribution in [1.82, 2.24) is 0 Å². The van der Waals surface area contributed by atoms with Crippen LogP contribution in [0.1, 0.15) is 26.2 Å². The highest BCUT2D eigenvalue weighted by Crippen LogP contribution is 2.43. The van der Waals surface area contributed by atoms with Crippen LogP contribution in [0.4, 0.5) is 0 Å². The molecule has 0 aromatic rings. The van der Waals surface area contributed by atoms with E-state index in [0.717, 1.165) is 19.3 Å². The topological polar surface area (TPSA) is 40.5 Å². The van der Waals surface area contributed by atoms with Crippen molar-refractivity contribution in [3.63, 3.8) is 0 Å². The summed E-state index contributed by atoms with van der Waals surface area (Å²) in [6.45, 7) is 1.90. The Morgan fingerprint density at radius 1 is 1.56 bits per heavy atom. The van der Waals surface area contributed by atoms with Crippen molar-refractivity contribution in [2.24, 2.45) is 5.41 Å². The van der Waals surface area contributed by atoms with Gasteiger partial charge in [-0.15, -0.1) is 0 Å². The number of rotatable bonds is 2. The van der Waals surface area contributed by atoms with Gasteiger partial charge in [0.2, 0.25) is 0 Å². The minimum atomic E-state index is -0.337. The molecule has 1 aliphatic rings. The fourth-order valence-electron chi connectivity index (χ4n) is 1.34. The van der Waals surface area contributed by atoms with Gasteiger partial charge in [0, 0.05) is 5.41 Å². The molecule has 54 valence electrons. The molecule has 0 saturated heterocycles. The summed E-state index contributed by atoms with van der Waals surface area (Å²) in [5.74, 6) is 0. The second-order valence-electron chi connectivity index (χ2n) is 3.05. The van der Waals surface area contributed by atoms with Gasteiger partial charge in [0.25, 0.3) is 0 Å². The quantitative estimate of drug-likeness (QED) is 0.572. The van der Waals surface area contributed by atoms with Crippen LogP contribution in [0.2, 0.25) is 0 Å². The van der Waals surface area contributed by atoms with Gasteiger partial charge in [-0.25, -0.2) is 0 Å². The third-order valence-electron chi connectivity index (χ3n) is 2.55. The van der Waals surface area contributed by atoms with Crippen LogP contribution < -0.4 is 0 Å². The summed E-state index contributed by atoms with van der Waals surface area (Å²) in [6.07, 6.45) is 2.80. The zero-order chi connectivity index (χ0) is 6.91. The molecule has 9 heavy (non-hydrogen) atoms. The molecule has 1 aliphatic carbocycles. The van der Waals surface area contributed by atoms with Gasteiger partial charge in [-0.3, -0.25) is 0 Å². The highest BCUT2D eigenvalue weighted by molar-refractivity contribution is 4.90. The summed E-state index contributed by atoms with van der Waals surface area (Å²) in [4.78, 5) is 0. The average molecular weight is 130 g/mol. The number of hydrogen-bond acceptors (Lipinski definition) is 2. The van der Waals surface area contributed by atoms with Gasteiger partial charge in [0.05, 0.1) is 12.7 Å². The molecule has 2 heteroatoms. The summed E-state index contributed by atoms with van der Waals surface area (Å²) in [5.41, 5.74) is -0.125. The molecule has 0 unspecified atom stereocenters. The van der Waals surface area contributed by atoms with E-state index in [2.05, 4.69) is 0 Å². The number of hydrogen-bond donors (Lipinski definition) is 2. The molecule has 0 heterocycles. The molecule has 1 fully saturated rings. The van der Waals surface area contributed by atoms with Crippen LogP contribution in [-0.2, 0) is 0 Å². The molecule has 1 rings (SSSR count). The zero-order valence-corrected chi connectivity index (χ0v) is 5.80. The van der Waals surface area contributed by atoms with Crippen LogP contribution >= 0.6 is 0 Å². The maximum absolute atomic E-state index is 9.16. The number of aliphatic hydroxyl groups excluding tert-OH is 2. The van der Waals surface area contributed by atoms with Gasteiger partial charge in [0.15, 0.2) is 0 Å². The molecular weight excluding hydrogens is 116 g/mol. The van der Waals surface area contributed by atoms with E-state index < -0.39 is 0 Å². The molecule has 0 aliphatic heterocycles. The fourth-order valence-corrected chi connectivity index (χ4v) is 1.34. The Balaban J connectivity index is 2.46. The van der Waals surface area contributed by atoms with Gasteiger partial charge in [-0.05, 0) is 19.8 Å². The van der Waals surface area contributed by atoms with Crippen LogP contribution in [0.15, 0.2) is 0 Å². The summed E-state index contributed by atoms with van der Waals surface area (Å²) in [7, 11) is 0. The minimum Gasteiger partial charge on any atom is -0.396 e. The molecule has 2 nitrogen and oxygen atoms in total. The lowest BCUT2D eigenvalue weighted by molar-refractivity contribution is -0.0615. The molecule has 0 bridgehead atoms. The van der Waals surface area contributed by atoms with E-state index in [1.807, 2.05) is 0 Å². The summed E-state index contributed by atoms with van der Waals surface area (Å²) < 4.78 is 0. The van der Waals surface area contributed by atoms with Gasteiger partial charge >= 0.3 is 0 Å².